The Hall–Kier alpha value is -3.44. The molecule has 0 unspecified atom stereocenters. The fourth-order valence-electron chi connectivity index (χ4n) is 4.23. The van der Waals surface area contributed by atoms with Gasteiger partial charge >= 0.3 is 0 Å². The van der Waals surface area contributed by atoms with E-state index in [2.05, 4.69) is 29.6 Å². The van der Waals surface area contributed by atoms with E-state index in [0.717, 1.165) is 30.6 Å². The number of piperazine rings is 1. The number of benzene rings is 3. The lowest BCUT2D eigenvalue weighted by Crippen LogP contribution is -3.15. The molecule has 5 heteroatoms. The molecule has 0 radical (unpaired) electrons. The van der Waals surface area contributed by atoms with Gasteiger partial charge in [0, 0.05) is 5.56 Å². The Morgan fingerprint density at radius 3 is 2.00 bits per heavy atom. The van der Waals surface area contributed by atoms with E-state index in [-0.39, 0.29) is 17.9 Å². The SMILES string of the molecule is O=C(C[NH+]1CCN(C(=O)c2ccccc2)CC1)N[C@@H](Cc1ccccc1)c1ccccc1. The summed E-state index contributed by atoms with van der Waals surface area (Å²) in [6, 6.07) is 29.7. The van der Waals surface area contributed by atoms with E-state index in [9.17, 15) is 9.59 Å². The number of nitrogens with one attached hydrogen (secondary N) is 2. The Balaban J connectivity index is 1.32. The minimum Gasteiger partial charge on any atom is -0.344 e. The van der Waals surface area contributed by atoms with Crippen LogP contribution in [0, 0.1) is 0 Å². The van der Waals surface area contributed by atoms with Gasteiger partial charge in [0.1, 0.15) is 0 Å². The minimum atomic E-state index is -0.0635. The first-order valence-electron chi connectivity index (χ1n) is 11.2. The highest BCUT2D eigenvalue weighted by atomic mass is 16.2. The Kier molecular flexibility index (Phi) is 7.31. The highest BCUT2D eigenvalue weighted by Crippen LogP contribution is 2.18. The molecule has 1 aliphatic rings. The summed E-state index contributed by atoms with van der Waals surface area (Å²) in [5.74, 6) is 0.119. The molecule has 0 saturated carbocycles. The zero-order valence-electron chi connectivity index (χ0n) is 18.2. The van der Waals surface area contributed by atoms with Crippen LogP contribution in [-0.2, 0) is 11.2 Å². The van der Waals surface area contributed by atoms with E-state index in [1.54, 1.807) is 0 Å². The van der Waals surface area contributed by atoms with E-state index < -0.39 is 0 Å². The smallest absolute Gasteiger partial charge is 0.275 e. The number of carbonyl (C=O) groups is 2. The van der Waals surface area contributed by atoms with Gasteiger partial charge < -0.3 is 15.1 Å². The van der Waals surface area contributed by atoms with Gasteiger partial charge in [0.2, 0.25) is 0 Å². The van der Waals surface area contributed by atoms with Crippen LogP contribution in [0.3, 0.4) is 0 Å². The second-order valence-electron chi connectivity index (χ2n) is 8.31. The van der Waals surface area contributed by atoms with Crippen LogP contribution in [0.5, 0.6) is 0 Å². The highest BCUT2D eigenvalue weighted by Gasteiger charge is 2.26. The van der Waals surface area contributed by atoms with Crippen molar-refractivity contribution in [2.45, 2.75) is 12.5 Å². The van der Waals surface area contributed by atoms with Crippen molar-refractivity contribution < 1.29 is 14.5 Å². The molecule has 2 N–H and O–H groups in total. The molecule has 0 aromatic heterocycles. The third-order valence-electron chi connectivity index (χ3n) is 6.01. The van der Waals surface area contributed by atoms with E-state index >= 15 is 0 Å². The number of rotatable bonds is 7. The molecule has 1 fully saturated rings. The van der Waals surface area contributed by atoms with Gasteiger partial charge in [0.05, 0.1) is 32.2 Å². The summed E-state index contributed by atoms with van der Waals surface area (Å²) >= 11 is 0. The lowest BCUT2D eigenvalue weighted by atomic mass is 9.99. The molecule has 2 amide bonds. The van der Waals surface area contributed by atoms with E-state index in [4.69, 9.17) is 0 Å². The van der Waals surface area contributed by atoms with E-state index in [1.165, 1.54) is 10.5 Å². The molecule has 3 aromatic carbocycles. The van der Waals surface area contributed by atoms with Gasteiger partial charge in [0.25, 0.3) is 11.8 Å². The maximum Gasteiger partial charge on any atom is 0.275 e. The molecule has 5 nitrogen and oxygen atoms in total. The molecule has 0 spiro atoms. The highest BCUT2D eigenvalue weighted by molar-refractivity contribution is 5.94. The van der Waals surface area contributed by atoms with E-state index in [0.29, 0.717) is 19.6 Å². The largest absolute Gasteiger partial charge is 0.344 e. The first-order chi connectivity index (χ1) is 15.7. The molecule has 1 saturated heterocycles. The van der Waals surface area contributed by atoms with Crippen LogP contribution in [0.25, 0.3) is 0 Å². The van der Waals surface area contributed by atoms with Crippen molar-refractivity contribution in [3.8, 4) is 0 Å². The molecule has 1 atom stereocenters. The molecule has 164 valence electrons. The van der Waals surface area contributed by atoms with Crippen molar-refractivity contribution in [2.24, 2.45) is 0 Å². The summed E-state index contributed by atoms with van der Waals surface area (Å²) in [5, 5.41) is 3.25. The normalized spacial score (nSPS) is 15.2. The molecule has 3 aromatic rings. The van der Waals surface area contributed by atoms with Crippen LogP contribution in [0.1, 0.15) is 27.5 Å². The van der Waals surface area contributed by atoms with Crippen LogP contribution in [0.2, 0.25) is 0 Å². The number of hydrogen-bond acceptors (Lipinski definition) is 2. The van der Waals surface area contributed by atoms with Gasteiger partial charge in [-0.05, 0) is 29.7 Å². The summed E-state index contributed by atoms with van der Waals surface area (Å²) in [4.78, 5) is 28.7. The van der Waals surface area contributed by atoms with E-state index in [1.807, 2.05) is 71.6 Å². The van der Waals surface area contributed by atoms with Gasteiger partial charge in [-0.3, -0.25) is 9.59 Å². The van der Waals surface area contributed by atoms with Gasteiger partial charge in [-0.2, -0.15) is 0 Å². The first kappa shape index (κ1) is 21.8. The van der Waals surface area contributed by atoms with Gasteiger partial charge in [0.15, 0.2) is 6.54 Å². The molecular weight excluding hydrogens is 398 g/mol. The van der Waals surface area contributed by atoms with Crippen LogP contribution < -0.4 is 10.2 Å². The van der Waals surface area contributed by atoms with Crippen molar-refractivity contribution in [3.63, 3.8) is 0 Å². The molecule has 0 aliphatic carbocycles. The zero-order chi connectivity index (χ0) is 22.2. The second-order valence-corrected chi connectivity index (χ2v) is 8.31. The third kappa shape index (κ3) is 5.83. The topological polar surface area (TPSA) is 53.9 Å². The van der Waals surface area contributed by atoms with Crippen LogP contribution in [0.15, 0.2) is 91.0 Å². The predicted molar refractivity (Wildman–Crippen MR) is 125 cm³/mol. The lowest BCUT2D eigenvalue weighted by Gasteiger charge is -2.32. The number of nitrogens with zero attached hydrogens (tertiary/aromatic N) is 1. The van der Waals surface area contributed by atoms with Crippen molar-refractivity contribution in [2.75, 3.05) is 32.7 Å². The third-order valence-corrected chi connectivity index (χ3v) is 6.01. The summed E-state index contributed by atoms with van der Waals surface area (Å²) in [7, 11) is 0. The van der Waals surface area contributed by atoms with Crippen molar-refractivity contribution in [3.05, 3.63) is 108 Å². The molecule has 32 heavy (non-hydrogen) atoms. The average molecular weight is 429 g/mol. The van der Waals surface area contributed by atoms with Crippen LogP contribution in [-0.4, -0.2) is 49.4 Å². The number of carbonyl (C=O) groups excluding carboxylic acids is 2. The summed E-state index contributed by atoms with van der Waals surface area (Å²) in [6.45, 7) is 3.32. The van der Waals surface area contributed by atoms with Gasteiger partial charge in [-0.1, -0.05) is 78.9 Å². The Bertz CT molecular complexity index is 1000. The van der Waals surface area contributed by atoms with Crippen molar-refractivity contribution in [1.29, 1.82) is 0 Å². The maximum absolute atomic E-state index is 12.9. The number of amides is 2. The monoisotopic (exact) mass is 428 g/mol. The van der Waals surface area contributed by atoms with Crippen molar-refractivity contribution in [1.82, 2.24) is 10.2 Å². The van der Waals surface area contributed by atoms with Crippen LogP contribution in [0.4, 0.5) is 0 Å². The first-order valence-corrected chi connectivity index (χ1v) is 11.2. The molecule has 4 rings (SSSR count). The minimum absolute atomic E-state index is 0.0487. The fraction of sp³-hybridized carbons (Fsp3) is 0.259. The molecular formula is C27H30N3O2+. The predicted octanol–water partition coefficient (Wildman–Crippen LogP) is 2.13. The van der Waals surface area contributed by atoms with Gasteiger partial charge in [-0.15, -0.1) is 0 Å². The Morgan fingerprint density at radius 1 is 0.812 bits per heavy atom. The molecule has 0 bridgehead atoms. The standard InChI is InChI=1S/C27H29N3O2/c31-26(21-29-16-18-30(19-17-29)27(32)24-14-8-3-9-15-24)28-25(23-12-6-2-7-13-23)20-22-10-4-1-5-11-22/h1-15,25H,16-21H2,(H,28,31)/p+1/t25-/m0/s1. The maximum atomic E-state index is 12.9. The van der Waals surface area contributed by atoms with Crippen LogP contribution >= 0.6 is 0 Å². The summed E-state index contributed by atoms with van der Waals surface area (Å²) in [5.41, 5.74) is 3.03. The summed E-state index contributed by atoms with van der Waals surface area (Å²) in [6.07, 6.45) is 0.755. The number of quaternary nitrogens is 1. The lowest BCUT2D eigenvalue weighted by molar-refractivity contribution is -0.896. The molecule has 1 heterocycles. The summed E-state index contributed by atoms with van der Waals surface area (Å²) < 4.78 is 0. The van der Waals surface area contributed by atoms with Gasteiger partial charge in [-0.25, -0.2) is 0 Å². The fourth-order valence-corrected chi connectivity index (χ4v) is 4.23. The van der Waals surface area contributed by atoms with Crippen molar-refractivity contribution >= 4 is 11.8 Å². The average Bonchev–Trinajstić information content (AvgIpc) is 2.85. The Morgan fingerprint density at radius 2 is 1.38 bits per heavy atom. The quantitative estimate of drug-likeness (QED) is 0.606. The second kappa shape index (κ2) is 10.7. The Labute approximate surface area is 189 Å². The molecule has 1 aliphatic heterocycles. The number of hydrogen-bond donors (Lipinski definition) is 2. The zero-order valence-corrected chi connectivity index (χ0v) is 18.2.